The molecule has 0 amide bonds. The van der Waals surface area contributed by atoms with Crippen LogP contribution in [0.5, 0.6) is 0 Å². The Morgan fingerprint density at radius 1 is 1.60 bits per heavy atom. The molecule has 0 aliphatic heterocycles. The van der Waals surface area contributed by atoms with Crippen LogP contribution >= 0.6 is 0 Å². The first-order valence-electron chi connectivity index (χ1n) is 4.38. The molecule has 0 bridgehead atoms. The van der Waals surface area contributed by atoms with Crippen LogP contribution in [0.1, 0.15) is 18.9 Å². The van der Waals surface area contributed by atoms with Crippen LogP contribution in [0.3, 0.4) is 0 Å². The lowest BCUT2D eigenvalue weighted by atomic mass is 10.3. The van der Waals surface area contributed by atoms with E-state index in [0.717, 1.165) is 0 Å². The molecule has 2 N–H and O–H groups in total. The predicted octanol–water partition coefficient (Wildman–Crippen LogP) is 1.76. The Bertz CT molecular complexity index is 518. The van der Waals surface area contributed by atoms with Gasteiger partial charge in [-0.15, -0.1) is 0 Å². The van der Waals surface area contributed by atoms with Crippen molar-refractivity contribution < 1.29 is 9.34 Å². The highest BCUT2D eigenvalue weighted by molar-refractivity contribution is 5.75. The number of hydrogen-bond acceptors (Lipinski definition) is 5. The second kappa shape index (κ2) is 3.32. The second-order valence-corrected chi connectivity index (χ2v) is 3.25. The molecule has 0 saturated heterocycles. The second-order valence-electron chi connectivity index (χ2n) is 3.25. The Hall–Kier alpha value is -1.95. The Morgan fingerprint density at radius 3 is 2.93 bits per heavy atom. The summed E-state index contributed by atoms with van der Waals surface area (Å²) in [5.74, 6) is 0.380. The van der Waals surface area contributed by atoms with Gasteiger partial charge in [0.1, 0.15) is 5.52 Å². The van der Waals surface area contributed by atoms with Gasteiger partial charge in [0.15, 0.2) is 5.58 Å². The predicted molar refractivity (Wildman–Crippen MR) is 53.3 cm³/mol. The van der Waals surface area contributed by atoms with Gasteiger partial charge < -0.3 is 10.2 Å². The zero-order valence-electron chi connectivity index (χ0n) is 8.01. The van der Waals surface area contributed by atoms with Crippen molar-refractivity contribution >= 4 is 16.8 Å². The fourth-order valence-electron chi connectivity index (χ4n) is 1.24. The minimum absolute atomic E-state index is 0.0186. The lowest BCUT2D eigenvalue weighted by Crippen LogP contribution is -2.04. The van der Waals surface area contributed by atoms with Crippen molar-refractivity contribution in [1.82, 2.24) is 4.98 Å². The van der Waals surface area contributed by atoms with Gasteiger partial charge >= 0.3 is 0 Å². The van der Waals surface area contributed by atoms with Gasteiger partial charge in [0.2, 0.25) is 5.89 Å². The van der Waals surface area contributed by atoms with Crippen LogP contribution in [0.25, 0.3) is 11.1 Å². The first kappa shape index (κ1) is 9.60. The number of nitrogens with two attached hydrogens (primary N) is 1. The highest BCUT2D eigenvalue weighted by Crippen LogP contribution is 2.23. The summed E-state index contributed by atoms with van der Waals surface area (Å²) in [5, 5.41) is 10.5. The smallest absolute Gasteiger partial charge is 0.273 e. The normalized spacial score (nSPS) is 12.9. The number of nitrogens with zero attached hydrogens (tertiary/aromatic N) is 2. The van der Waals surface area contributed by atoms with Crippen molar-refractivity contribution in [2.24, 2.45) is 5.73 Å². The van der Waals surface area contributed by atoms with E-state index in [-0.39, 0.29) is 11.7 Å². The molecule has 6 nitrogen and oxygen atoms in total. The number of nitro groups is 1. The number of non-ortho nitro benzene ring substituents is 1. The van der Waals surface area contributed by atoms with Crippen molar-refractivity contribution in [1.29, 1.82) is 0 Å². The molecule has 2 rings (SSSR count). The van der Waals surface area contributed by atoms with Gasteiger partial charge in [0.05, 0.1) is 17.0 Å². The van der Waals surface area contributed by atoms with E-state index in [0.29, 0.717) is 17.0 Å². The highest BCUT2D eigenvalue weighted by Gasteiger charge is 2.13. The van der Waals surface area contributed by atoms with E-state index >= 15 is 0 Å². The lowest BCUT2D eigenvalue weighted by molar-refractivity contribution is -0.384. The molecule has 0 spiro atoms. The monoisotopic (exact) mass is 207 g/mol. The van der Waals surface area contributed by atoms with Gasteiger partial charge in [0, 0.05) is 6.07 Å². The van der Waals surface area contributed by atoms with Crippen molar-refractivity contribution in [3.63, 3.8) is 0 Å². The van der Waals surface area contributed by atoms with Crippen molar-refractivity contribution in [3.8, 4) is 0 Å². The quantitative estimate of drug-likeness (QED) is 0.597. The number of fused-ring (bicyclic) bond motifs is 1. The molecular weight excluding hydrogens is 198 g/mol. The summed E-state index contributed by atoms with van der Waals surface area (Å²) in [4.78, 5) is 14.1. The average molecular weight is 207 g/mol. The Morgan fingerprint density at radius 2 is 2.33 bits per heavy atom. The summed E-state index contributed by atoms with van der Waals surface area (Å²) in [5.41, 5.74) is 6.53. The van der Waals surface area contributed by atoms with E-state index in [1.165, 1.54) is 12.1 Å². The number of oxazole rings is 1. The van der Waals surface area contributed by atoms with Crippen molar-refractivity contribution in [2.45, 2.75) is 13.0 Å². The van der Waals surface area contributed by atoms with E-state index in [9.17, 15) is 10.1 Å². The van der Waals surface area contributed by atoms with Crippen LogP contribution < -0.4 is 5.73 Å². The van der Waals surface area contributed by atoms with E-state index < -0.39 is 4.92 Å². The first-order chi connectivity index (χ1) is 7.08. The van der Waals surface area contributed by atoms with Crippen LogP contribution in [0.4, 0.5) is 5.69 Å². The fourth-order valence-corrected chi connectivity index (χ4v) is 1.24. The largest absolute Gasteiger partial charge is 0.439 e. The maximum absolute atomic E-state index is 10.5. The van der Waals surface area contributed by atoms with Gasteiger partial charge in [-0.1, -0.05) is 0 Å². The number of hydrogen-bond donors (Lipinski definition) is 1. The Balaban J connectivity index is 2.57. The standard InChI is InChI=1S/C9H9N3O3/c1-5(10)9-11-7-3-2-6(12(13)14)4-8(7)15-9/h2-5H,10H2,1H3. The van der Waals surface area contributed by atoms with Gasteiger partial charge in [-0.25, -0.2) is 4.98 Å². The van der Waals surface area contributed by atoms with Crippen molar-refractivity contribution in [3.05, 3.63) is 34.2 Å². The average Bonchev–Trinajstić information content (AvgIpc) is 2.59. The van der Waals surface area contributed by atoms with E-state index in [1.54, 1.807) is 13.0 Å². The number of aromatic nitrogens is 1. The van der Waals surface area contributed by atoms with Crippen LogP contribution in [-0.4, -0.2) is 9.91 Å². The van der Waals surface area contributed by atoms with E-state index in [2.05, 4.69) is 4.98 Å². The van der Waals surface area contributed by atoms with E-state index in [4.69, 9.17) is 10.2 Å². The maximum atomic E-state index is 10.5. The van der Waals surface area contributed by atoms with Crippen LogP contribution in [0.15, 0.2) is 22.6 Å². The molecule has 0 aliphatic carbocycles. The molecule has 6 heteroatoms. The SMILES string of the molecule is CC(N)c1nc2ccc([N+](=O)[O-])cc2o1. The molecule has 1 heterocycles. The number of benzene rings is 1. The summed E-state index contributed by atoms with van der Waals surface area (Å²) in [6.45, 7) is 1.74. The molecule has 0 aliphatic rings. The molecule has 1 atom stereocenters. The summed E-state index contributed by atoms with van der Waals surface area (Å²) in [6, 6.07) is 3.95. The first-order valence-corrected chi connectivity index (χ1v) is 4.38. The molecule has 1 aromatic heterocycles. The minimum atomic E-state index is -0.479. The zero-order valence-corrected chi connectivity index (χ0v) is 8.01. The van der Waals surface area contributed by atoms with Gasteiger partial charge in [-0.05, 0) is 13.0 Å². The van der Waals surface area contributed by atoms with E-state index in [1.807, 2.05) is 0 Å². The van der Waals surface area contributed by atoms with Crippen LogP contribution in [0, 0.1) is 10.1 Å². The summed E-state index contributed by atoms with van der Waals surface area (Å²) >= 11 is 0. The third kappa shape index (κ3) is 1.66. The third-order valence-electron chi connectivity index (χ3n) is 1.99. The Kier molecular flexibility index (Phi) is 2.12. The maximum Gasteiger partial charge on any atom is 0.273 e. The molecule has 0 fully saturated rings. The molecule has 15 heavy (non-hydrogen) atoms. The molecule has 0 saturated carbocycles. The van der Waals surface area contributed by atoms with Crippen molar-refractivity contribution in [2.75, 3.05) is 0 Å². The van der Waals surface area contributed by atoms with Crippen LogP contribution in [-0.2, 0) is 0 Å². The van der Waals surface area contributed by atoms with Gasteiger partial charge in [-0.2, -0.15) is 0 Å². The van der Waals surface area contributed by atoms with Gasteiger partial charge in [0.25, 0.3) is 5.69 Å². The fraction of sp³-hybridized carbons (Fsp3) is 0.222. The molecule has 0 radical (unpaired) electrons. The molecule has 78 valence electrons. The topological polar surface area (TPSA) is 95.2 Å². The Labute approximate surface area is 84.8 Å². The minimum Gasteiger partial charge on any atom is -0.439 e. The number of nitro benzene ring substituents is 1. The third-order valence-corrected chi connectivity index (χ3v) is 1.99. The highest BCUT2D eigenvalue weighted by atomic mass is 16.6. The summed E-state index contributed by atoms with van der Waals surface area (Å²) < 4.78 is 5.28. The molecular formula is C9H9N3O3. The summed E-state index contributed by atoms with van der Waals surface area (Å²) in [6.07, 6.45) is 0. The summed E-state index contributed by atoms with van der Waals surface area (Å²) in [7, 11) is 0. The zero-order chi connectivity index (χ0) is 11.0. The molecule has 1 aromatic carbocycles. The van der Waals surface area contributed by atoms with Gasteiger partial charge in [-0.3, -0.25) is 10.1 Å². The van der Waals surface area contributed by atoms with Crippen LogP contribution in [0.2, 0.25) is 0 Å². The number of rotatable bonds is 2. The lowest BCUT2D eigenvalue weighted by Gasteiger charge is -1.94. The molecule has 2 aromatic rings. The molecule has 1 unspecified atom stereocenters.